The summed E-state index contributed by atoms with van der Waals surface area (Å²) in [6, 6.07) is 9.59. The number of anilines is 1. The lowest BCUT2D eigenvalue weighted by atomic mass is 10.2. The molecular formula is C17H18FN3O5S. The van der Waals surface area contributed by atoms with Crippen LogP contribution in [0.1, 0.15) is 5.56 Å². The normalized spacial score (nSPS) is 11.4. The van der Waals surface area contributed by atoms with E-state index in [2.05, 4.69) is 10.5 Å². The standard InChI is InChI=1S/C17H18FN3O5S/c1-26-15-8-3-5-12(17(15)23)10-19-20-16(22)11-21(27(2,24)25)14-7-4-6-13(18)9-14/h3-10,23H,11H2,1-2H3,(H,20,22)/b19-10-. The molecule has 2 aromatic rings. The minimum atomic E-state index is -3.83. The number of ether oxygens (including phenoxy) is 1. The number of carbonyl (C=O) groups excluding carboxylic acids is 1. The molecule has 27 heavy (non-hydrogen) atoms. The van der Waals surface area contributed by atoms with Crippen LogP contribution in [0.3, 0.4) is 0 Å². The van der Waals surface area contributed by atoms with Gasteiger partial charge in [-0.15, -0.1) is 0 Å². The van der Waals surface area contributed by atoms with Crippen molar-refractivity contribution in [2.75, 3.05) is 24.2 Å². The second kappa shape index (κ2) is 8.49. The molecule has 2 N–H and O–H groups in total. The summed E-state index contributed by atoms with van der Waals surface area (Å²) in [7, 11) is -2.43. The number of phenolic OH excluding ortho intramolecular Hbond substituents is 1. The summed E-state index contributed by atoms with van der Waals surface area (Å²) in [5.74, 6) is -1.30. The van der Waals surface area contributed by atoms with Crippen LogP contribution in [-0.2, 0) is 14.8 Å². The number of phenols is 1. The number of amides is 1. The largest absolute Gasteiger partial charge is 0.504 e. The van der Waals surface area contributed by atoms with Crippen LogP contribution in [0.5, 0.6) is 11.5 Å². The van der Waals surface area contributed by atoms with E-state index >= 15 is 0 Å². The number of hydrogen-bond donors (Lipinski definition) is 2. The molecule has 0 saturated carbocycles. The fourth-order valence-electron chi connectivity index (χ4n) is 2.18. The first-order valence-electron chi connectivity index (χ1n) is 7.63. The first-order valence-corrected chi connectivity index (χ1v) is 9.48. The number of aromatic hydroxyl groups is 1. The van der Waals surface area contributed by atoms with Crippen LogP contribution < -0.4 is 14.5 Å². The van der Waals surface area contributed by atoms with E-state index in [-0.39, 0.29) is 17.2 Å². The Morgan fingerprint density at radius 1 is 1.33 bits per heavy atom. The van der Waals surface area contributed by atoms with Gasteiger partial charge in [-0.3, -0.25) is 9.10 Å². The lowest BCUT2D eigenvalue weighted by Crippen LogP contribution is -2.39. The highest BCUT2D eigenvalue weighted by Gasteiger charge is 2.21. The molecule has 0 aliphatic carbocycles. The van der Waals surface area contributed by atoms with Crippen molar-refractivity contribution in [3.05, 3.63) is 53.8 Å². The van der Waals surface area contributed by atoms with Crippen LogP contribution in [0.4, 0.5) is 10.1 Å². The average Bonchev–Trinajstić information content (AvgIpc) is 2.60. The average molecular weight is 395 g/mol. The second-order valence-corrected chi connectivity index (χ2v) is 7.35. The van der Waals surface area contributed by atoms with Crippen molar-refractivity contribution >= 4 is 27.8 Å². The number of hydrazone groups is 1. The van der Waals surface area contributed by atoms with Gasteiger partial charge in [0.25, 0.3) is 5.91 Å². The van der Waals surface area contributed by atoms with Crippen molar-refractivity contribution in [2.45, 2.75) is 0 Å². The number of benzene rings is 2. The first kappa shape index (κ1) is 20.2. The molecule has 8 nitrogen and oxygen atoms in total. The number of sulfonamides is 1. The molecule has 0 atom stereocenters. The molecule has 0 aliphatic rings. The quantitative estimate of drug-likeness (QED) is 0.545. The Morgan fingerprint density at radius 2 is 2.04 bits per heavy atom. The van der Waals surface area contributed by atoms with E-state index in [0.717, 1.165) is 22.7 Å². The fraction of sp³-hybridized carbons (Fsp3) is 0.176. The lowest BCUT2D eigenvalue weighted by Gasteiger charge is -2.21. The van der Waals surface area contributed by atoms with Gasteiger partial charge in [0.2, 0.25) is 10.0 Å². The molecule has 2 aromatic carbocycles. The Hall–Kier alpha value is -3.14. The Balaban J connectivity index is 2.11. The summed E-state index contributed by atoms with van der Waals surface area (Å²) in [6.07, 6.45) is 2.09. The highest BCUT2D eigenvalue weighted by molar-refractivity contribution is 7.92. The summed E-state index contributed by atoms with van der Waals surface area (Å²) >= 11 is 0. The fourth-order valence-corrected chi connectivity index (χ4v) is 3.03. The Kier molecular flexibility index (Phi) is 6.35. The summed E-state index contributed by atoms with van der Waals surface area (Å²) < 4.78 is 42.9. The van der Waals surface area contributed by atoms with Gasteiger partial charge in [0.05, 0.1) is 25.3 Å². The van der Waals surface area contributed by atoms with Crippen molar-refractivity contribution in [1.82, 2.24) is 5.43 Å². The Bertz CT molecular complexity index is 963. The van der Waals surface area contributed by atoms with E-state index in [1.807, 2.05) is 0 Å². The highest BCUT2D eigenvalue weighted by atomic mass is 32.2. The highest BCUT2D eigenvalue weighted by Crippen LogP contribution is 2.27. The van der Waals surface area contributed by atoms with Crippen LogP contribution in [-0.4, -0.2) is 45.6 Å². The molecule has 0 fully saturated rings. The molecule has 2 rings (SSSR count). The summed E-state index contributed by atoms with van der Waals surface area (Å²) in [5.41, 5.74) is 2.47. The third-order valence-electron chi connectivity index (χ3n) is 3.43. The van der Waals surface area contributed by atoms with E-state index in [1.165, 1.54) is 25.5 Å². The Labute approximate surface area is 155 Å². The number of rotatable bonds is 7. The maximum atomic E-state index is 13.4. The van der Waals surface area contributed by atoms with Crippen LogP contribution in [0.15, 0.2) is 47.6 Å². The van der Waals surface area contributed by atoms with Gasteiger partial charge in [-0.05, 0) is 30.3 Å². The van der Waals surface area contributed by atoms with E-state index in [4.69, 9.17) is 4.74 Å². The molecular weight excluding hydrogens is 377 g/mol. The van der Waals surface area contributed by atoms with Crippen molar-refractivity contribution in [2.24, 2.45) is 5.10 Å². The van der Waals surface area contributed by atoms with Gasteiger partial charge in [0.15, 0.2) is 11.5 Å². The molecule has 0 bridgehead atoms. The maximum absolute atomic E-state index is 13.4. The van der Waals surface area contributed by atoms with Crippen LogP contribution in [0.2, 0.25) is 0 Å². The molecule has 0 saturated heterocycles. The summed E-state index contributed by atoms with van der Waals surface area (Å²) in [4.78, 5) is 12.0. The van der Waals surface area contributed by atoms with Crippen LogP contribution >= 0.6 is 0 Å². The van der Waals surface area contributed by atoms with E-state index < -0.39 is 28.3 Å². The number of hydrogen-bond acceptors (Lipinski definition) is 6. The lowest BCUT2D eigenvalue weighted by molar-refractivity contribution is -0.119. The number of carbonyl (C=O) groups is 1. The minimum Gasteiger partial charge on any atom is -0.504 e. The first-order chi connectivity index (χ1) is 12.7. The number of nitrogens with zero attached hydrogens (tertiary/aromatic N) is 2. The SMILES string of the molecule is COc1cccc(/C=N\NC(=O)CN(c2cccc(F)c2)S(C)(=O)=O)c1O. The van der Waals surface area contributed by atoms with E-state index in [9.17, 15) is 22.7 Å². The van der Waals surface area contributed by atoms with Crippen LogP contribution in [0.25, 0.3) is 0 Å². The van der Waals surface area contributed by atoms with Gasteiger partial charge in [-0.2, -0.15) is 5.10 Å². The second-order valence-electron chi connectivity index (χ2n) is 5.44. The van der Waals surface area contributed by atoms with E-state index in [0.29, 0.717) is 5.56 Å². The van der Waals surface area contributed by atoms with Crippen molar-refractivity contribution < 1.29 is 27.4 Å². The minimum absolute atomic E-state index is 0.0158. The van der Waals surface area contributed by atoms with Gasteiger partial charge in [-0.25, -0.2) is 18.2 Å². The molecule has 1 amide bonds. The smallest absolute Gasteiger partial charge is 0.260 e. The number of methoxy groups -OCH3 is 1. The topological polar surface area (TPSA) is 108 Å². The monoisotopic (exact) mass is 395 g/mol. The van der Waals surface area contributed by atoms with Gasteiger partial charge < -0.3 is 9.84 Å². The molecule has 0 aromatic heterocycles. The van der Waals surface area contributed by atoms with Crippen molar-refractivity contribution in [3.8, 4) is 11.5 Å². The molecule has 0 aliphatic heterocycles. The van der Waals surface area contributed by atoms with Crippen molar-refractivity contribution in [1.29, 1.82) is 0 Å². The Morgan fingerprint density at radius 3 is 2.67 bits per heavy atom. The third-order valence-corrected chi connectivity index (χ3v) is 4.57. The van der Waals surface area contributed by atoms with Gasteiger partial charge in [0.1, 0.15) is 12.4 Å². The zero-order valence-corrected chi connectivity index (χ0v) is 15.4. The zero-order valence-electron chi connectivity index (χ0n) is 14.6. The predicted molar refractivity (Wildman–Crippen MR) is 99.0 cm³/mol. The molecule has 0 unspecified atom stereocenters. The maximum Gasteiger partial charge on any atom is 0.260 e. The van der Waals surface area contributed by atoms with E-state index in [1.54, 1.807) is 18.2 Å². The number of para-hydroxylation sites is 1. The van der Waals surface area contributed by atoms with Crippen LogP contribution in [0, 0.1) is 5.82 Å². The zero-order chi connectivity index (χ0) is 20.0. The summed E-state index contributed by atoms with van der Waals surface area (Å²) in [6.45, 7) is -0.594. The van der Waals surface area contributed by atoms with Gasteiger partial charge in [0, 0.05) is 5.56 Å². The molecule has 0 heterocycles. The molecule has 10 heteroatoms. The summed E-state index contributed by atoms with van der Waals surface area (Å²) in [5, 5.41) is 13.6. The van der Waals surface area contributed by atoms with Crippen molar-refractivity contribution in [3.63, 3.8) is 0 Å². The molecule has 144 valence electrons. The van der Waals surface area contributed by atoms with Gasteiger partial charge >= 0.3 is 0 Å². The molecule has 0 spiro atoms. The number of halogens is 1. The third kappa shape index (κ3) is 5.42. The number of nitrogens with one attached hydrogen (secondary N) is 1. The predicted octanol–water partition coefficient (Wildman–Crippen LogP) is 1.46. The van der Waals surface area contributed by atoms with Gasteiger partial charge in [-0.1, -0.05) is 12.1 Å². The molecule has 0 radical (unpaired) electrons.